The fraction of sp³-hybridized carbons (Fsp3) is 0.238. The van der Waals surface area contributed by atoms with Crippen LogP contribution in [0.1, 0.15) is 32.2 Å². The van der Waals surface area contributed by atoms with Crippen molar-refractivity contribution in [3.63, 3.8) is 0 Å². The number of sulfonamides is 1. The molecule has 0 spiro atoms. The van der Waals surface area contributed by atoms with Crippen molar-refractivity contribution >= 4 is 33.2 Å². The molecule has 0 aliphatic heterocycles. The number of nitrogens with two attached hydrogens (primary N) is 1. The van der Waals surface area contributed by atoms with Crippen LogP contribution in [0, 0.1) is 13.8 Å². The lowest BCUT2D eigenvalue weighted by Gasteiger charge is -2.11. The van der Waals surface area contributed by atoms with Crippen LogP contribution in [-0.4, -0.2) is 31.5 Å². The number of nitrogens with zero attached hydrogens (tertiary/aromatic N) is 1. The summed E-state index contributed by atoms with van der Waals surface area (Å²) in [5.74, 6) is -0.944. The zero-order valence-electron chi connectivity index (χ0n) is 17.1. The number of thiophene rings is 1. The Morgan fingerprint density at radius 3 is 2.48 bits per heavy atom. The fourth-order valence-electron chi connectivity index (χ4n) is 3.08. The van der Waals surface area contributed by atoms with Crippen molar-refractivity contribution in [2.75, 3.05) is 6.61 Å². The number of carbonyl (C=O) groups is 2. The molecule has 0 fully saturated rings. The second kappa shape index (κ2) is 9.46. The molecule has 0 radical (unpaired) electrons. The maximum atomic E-state index is 12.5. The van der Waals surface area contributed by atoms with E-state index in [2.05, 4.69) is 5.32 Å². The molecule has 10 heteroatoms. The van der Waals surface area contributed by atoms with Gasteiger partial charge in [-0.2, -0.15) is 0 Å². The molecule has 2 heterocycles. The van der Waals surface area contributed by atoms with Crippen molar-refractivity contribution < 1.29 is 22.7 Å². The van der Waals surface area contributed by atoms with Gasteiger partial charge in [-0.1, -0.05) is 18.2 Å². The Hall–Kier alpha value is -2.95. The predicted octanol–water partition coefficient (Wildman–Crippen LogP) is 2.34. The van der Waals surface area contributed by atoms with Gasteiger partial charge in [0.1, 0.15) is 0 Å². The molecule has 0 aliphatic rings. The molecule has 3 aromatic rings. The quantitative estimate of drug-likeness (QED) is 0.499. The molecule has 8 nitrogen and oxygen atoms in total. The number of carbonyl (C=O) groups excluding carboxylic acids is 2. The first kappa shape index (κ1) is 22.7. The van der Waals surface area contributed by atoms with Gasteiger partial charge >= 0.3 is 5.97 Å². The van der Waals surface area contributed by atoms with Gasteiger partial charge < -0.3 is 14.6 Å². The Morgan fingerprint density at radius 2 is 1.87 bits per heavy atom. The molecule has 31 heavy (non-hydrogen) atoms. The zero-order chi connectivity index (χ0) is 22.6. The topological polar surface area (TPSA) is 120 Å². The fourth-order valence-corrected chi connectivity index (χ4v) is 4.24. The molecule has 0 aliphatic carbocycles. The van der Waals surface area contributed by atoms with Crippen LogP contribution in [0.2, 0.25) is 0 Å². The van der Waals surface area contributed by atoms with Gasteiger partial charge in [-0.3, -0.25) is 4.79 Å². The summed E-state index contributed by atoms with van der Waals surface area (Å²) in [6.45, 7) is 4.13. The first-order chi connectivity index (χ1) is 14.6. The number of amides is 1. The summed E-state index contributed by atoms with van der Waals surface area (Å²) >= 11 is 1.53. The number of hydrogen-bond donors (Lipinski definition) is 2. The van der Waals surface area contributed by atoms with Crippen LogP contribution in [0.15, 0.2) is 52.7 Å². The van der Waals surface area contributed by atoms with Gasteiger partial charge in [0.2, 0.25) is 10.0 Å². The minimum Gasteiger partial charge on any atom is -0.452 e. The summed E-state index contributed by atoms with van der Waals surface area (Å²) in [5.41, 5.74) is 2.76. The number of ether oxygens (including phenoxy) is 1. The molecular formula is C21H23N3O5S2. The highest BCUT2D eigenvalue weighted by atomic mass is 32.2. The number of rotatable bonds is 8. The van der Waals surface area contributed by atoms with E-state index in [1.165, 1.54) is 23.5 Å². The summed E-state index contributed by atoms with van der Waals surface area (Å²) in [5, 5.41) is 9.76. The first-order valence-electron chi connectivity index (χ1n) is 9.40. The summed E-state index contributed by atoms with van der Waals surface area (Å²) < 4.78 is 29.9. The van der Waals surface area contributed by atoms with Crippen molar-refractivity contribution in [1.82, 2.24) is 9.88 Å². The highest BCUT2D eigenvalue weighted by molar-refractivity contribution is 7.89. The number of aryl methyl sites for hydroxylation is 1. The predicted molar refractivity (Wildman–Crippen MR) is 117 cm³/mol. The van der Waals surface area contributed by atoms with Gasteiger partial charge in [0, 0.05) is 22.8 Å². The molecule has 3 rings (SSSR count). The molecule has 0 unspecified atom stereocenters. The van der Waals surface area contributed by atoms with Crippen LogP contribution in [-0.2, 0) is 32.6 Å². The van der Waals surface area contributed by atoms with Crippen LogP contribution in [0.3, 0.4) is 0 Å². The molecule has 0 saturated carbocycles. The Bertz CT molecular complexity index is 1180. The Balaban J connectivity index is 1.62. The van der Waals surface area contributed by atoms with Gasteiger partial charge in [0.25, 0.3) is 5.91 Å². The molecule has 164 valence electrons. The van der Waals surface area contributed by atoms with E-state index in [1.807, 2.05) is 29.0 Å². The van der Waals surface area contributed by atoms with Gasteiger partial charge in [-0.15, -0.1) is 11.3 Å². The van der Waals surface area contributed by atoms with Gasteiger partial charge in [0.15, 0.2) is 6.61 Å². The minimum absolute atomic E-state index is 0.0406. The summed E-state index contributed by atoms with van der Waals surface area (Å²) in [4.78, 5) is 25.5. The lowest BCUT2D eigenvalue weighted by molar-refractivity contribution is -0.124. The molecule has 1 amide bonds. The third kappa shape index (κ3) is 5.81. The summed E-state index contributed by atoms with van der Waals surface area (Å²) in [6.07, 6.45) is 0. The molecule has 0 atom stereocenters. The number of primary sulfonamides is 1. The smallest absolute Gasteiger partial charge is 0.340 e. The number of esters is 1. The lowest BCUT2D eigenvalue weighted by atomic mass is 10.2. The summed E-state index contributed by atoms with van der Waals surface area (Å²) in [7, 11) is -3.75. The van der Waals surface area contributed by atoms with E-state index in [4.69, 9.17) is 9.88 Å². The highest BCUT2D eigenvalue weighted by Gasteiger charge is 2.18. The lowest BCUT2D eigenvalue weighted by Crippen LogP contribution is -2.28. The molecule has 0 saturated heterocycles. The molecular weight excluding hydrogens is 438 g/mol. The SMILES string of the molecule is Cc1cc(C(=O)OCC(=O)NCc2cccs2)c(C)n1Cc1ccc(S(N)(=O)=O)cc1. The van der Waals surface area contributed by atoms with E-state index in [-0.39, 0.29) is 17.4 Å². The highest BCUT2D eigenvalue weighted by Crippen LogP contribution is 2.19. The standard InChI is InChI=1S/C21H23N3O5S2/c1-14-10-19(21(26)29-13-20(25)23-11-17-4-3-9-30-17)15(2)24(14)12-16-5-7-18(8-6-16)31(22,27)28/h3-10H,11-13H2,1-2H3,(H,23,25)(H2,22,27,28). The Labute approximate surface area is 184 Å². The van der Waals surface area contributed by atoms with E-state index in [1.54, 1.807) is 25.1 Å². The van der Waals surface area contributed by atoms with Crippen molar-refractivity contribution in [1.29, 1.82) is 0 Å². The molecule has 0 bridgehead atoms. The maximum absolute atomic E-state index is 12.5. The second-order valence-corrected chi connectivity index (χ2v) is 9.59. The van der Waals surface area contributed by atoms with E-state index >= 15 is 0 Å². The van der Waals surface area contributed by atoms with Crippen molar-refractivity contribution in [3.8, 4) is 0 Å². The van der Waals surface area contributed by atoms with Crippen LogP contribution in [0.5, 0.6) is 0 Å². The Morgan fingerprint density at radius 1 is 1.16 bits per heavy atom. The third-order valence-corrected chi connectivity index (χ3v) is 6.57. The van der Waals surface area contributed by atoms with Crippen LogP contribution in [0.25, 0.3) is 0 Å². The number of benzene rings is 1. The summed E-state index contributed by atoms with van der Waals surface area (Å²) in [6, 6.07) is 11.8. The van der Waals surface area contributed by atoms with Gasteiger partial charge in [-0.25, -0.2) is 18.4 Å². The van der Waals surface area contributed by atoms with Crippen LogP contribution < -0.4 is 10.5 Å². The van der Waals surface area contributed by atoms with Crippen molar-refractivity contribution in [3.05, 3.63) is 75.2 Å². The third-order valence-electron chi connectivity index (χ3n) is 4.76. The van der Waals surface area contributed by atoms with Crippen LogP contribution in [0.4, 0.5) is 0 Å². The Kier molecular flexibility index (Phi) is 6.94. The van der Waals surface area contributed by atoms with Crippen molar-refractivity contribution in [2.24, 2.45) is 5.14 Å². The number of hydrogen-bond acceptors (Lipinski definition) is 6. The number of nitrogens with one attached hydrogen (secondary N) is 1. The van der Waals surface area contributed by atoms with Gasteiger partial charge in [0.05, 0.1) is 17.0 Å². The maximum Gasteiger partial charge on any atom is 0.340 e. The molecule has 3 N–H and O–H groups in total. The average Bonchev–Trinajstić information content (AvgIpc) is 3.34. The second-order valence-electron chi connectivity index (χ2n) is 6.99. The largest absolute Gasteiger partial charge is 0.452 e. The minimum atomic E-state index is -3.75. The zero-order valence-corrected chi connectivity index (χ0v) is 18.8. The van der Waals surface area contributed by atoms with E-state index in [9.17, 15) is 18.0 Å². The molecule has 1 aromatic carbocycles. The van der Waals surface area contributed by atoms with Gasteiger partial charge in [-0.05, 0) is 49.1 Å². The normalized spacial score (nSPS) is 11.3. The number of aromatic nitrogens is 1. The monoisotopic (exact) mass is 461 g/mol. The molecule has 2 aromatic heterocycles. The van der Waals surface area contributed by atoms with E-state index in [0.717, 1.165) is 16.1 Å². The van der Waals surface area contributed by atoms with Crippen molar-refractivity contribution in [2.45, 2.75) is 31.8 Å². The average molecular weight is 462 g/mol. The first-order valence-corrected chi connectivity index (χ1v) is 11.8. The van der Waals surface area contributed by atoms with E-state index in [0.29, 0.717) is 24.3 Å². The van der Waals surface area contributed by atoms with E-state index < -0.39 is 16.0 Å². The van der Waals surface area contributed by atoms with Crippen LogP contribution >= 0.6 is 11.3 Å².